The molecule has 0 aliphatic rings. The largest absolute Gasteiger partial charge is 0.494 e. The Balaban J connectivity index is 1.09. The van der Waals surface area contributed by atoms with Gasteiger partial charge in [-0.3, -0.25) is 24.0 Å². The molecule has 0 aliphatic heterocycles. The fourth-order valence-electron chi connectivity index (χ4n) is 6.10. The van der Waals surface area contributed by atoms with E-state index in [4.69, 9.17) is 23.7 Å². The Morgan fingerprint density at radius 1 is 0.615 bits per heavy atom. The second-order valence-corrected chi connectivity index (χ2v) is 12.3. The molecule has 272 valence electrons. The summed E-state index contributed by atoms with van der Waals surface area (Å²) >= 11 is 0. The fraction of sp³-hybridized carbons (Fsp3) is 0.341. The minimum atomic E-state index is -0.751. The lowest BCUT2D eigenvalue weighted by molar-refractivity contribution is -0.156. The molecule has 0 saturated heterocycles. The highest BCUT2D eigenvalue weighted by molar-refractivity contribution is 6.23. The molecule has 0 unspecified atom stereocenters. The molecule has 0 radical (unpaired) electrons. The number of carbonyl (C=O) groups excluding carboxylic acids is 5. The molecular formula is C41H43NO10. The van der Waals surface area contributed by atoms with Gasteiger partial charge in [-0.1, -0.05) is 54.6 Å². The fourth-order valence-corrected chi connectivity index (χ4v) is 6.10. The standard InChI is InChI=1S/C41H43NO10/c1-3-48-36(44)23-38(46)51-25-27-20-28(26-52-39(47)24-37(45)49-4-2)22-33(21-27)50-19-7-18-42-35(43)11-6-8-29-12-13-32-15-14-30-9-5-10-31-16-17-34(29)41(32)40(30)31/h5,9-10,12-17,20-22H,3-4,6-8,11,18-19,23-26H2,1-2H3,(H,42,43). The summed E-state index contributed by atoms with van der Waals surface area (Å²) in [6.45, 7) is 3.95. The molecule has 5 aromatic rings. The van der Waals surface area contributed by atoms with Gasteiger partial charge < -0.3 is 29.0 Å². The smallest absolute Gasteiger partial charge is 0.317 e. The zero-order chi connectivity index (χ0) is 36.9. The van der Waals surface area contributed by atoms with Crippen molar-refractivity contribution in [1.29, 1.82) is 0 Å². The number of amides is 1. The van der Waals surface area contributed by atoms with Crippen LogP contribution < -0.4 is 10.1 Å². The second kappa shape index (κ2) is 18.5. The number of benzene rings is 5. The molecule has 1 amide bonds. The van der Waals surface area contributed by atoms with E-state index in [1.54, 1.807) is 32.0 Å². The van der Waals surface area contributed by atoms with Gasteiger partial charge in [-0.15, -0.1) is 0 Å². The quantitative estimate of drug-likeness (QED) is 0.0333. The molecular weight excluding hydrogens is 666 g/mol. The molecule has 0 fully saturated rings. The van der Waals surface area contributed by atoms with E-state index in [-0.39, 0.29) is 38.9 Å². The van der Waals surface area contributed by atoms with Crippen molar-refractivity contribution in [2.75, 3.05) is 26.4 Å². The molecule has 11 heteroatoms. The van der Waals surface area contributed by atoms with Crippen LogP contribution >= 0.6 is 0 Å². The lowest BCUT2D eigenvalue weighted by Gasteiger charge is -2.14. The summed E-state index contributed by atoms with van der Waals surface area (Å²) < 4.78 is 25.9. The van der Waals surface area contributed by atoms with Gasteiger partial charge in [0.2, 0.25) is 5.91 Å². The van der Waals surface area contributed by atoms with Crippen molar-refractivity contribution < 1.29 is 47.7 Å². The minimum absolute atomic E-state index is 0.0312. The van der Waals surface area contributed by atoms with E-state index in [1.807, 2.05) is 0 Å². The first-order chi connectivity index (χ1) is 25.2. The van der Waals surface area contributed by atoms with E-state index in [0.717, 1.165) is 12.8 Å². The lowest BCUT2D eigenvalue weighted by atomic mass is 9.90. The number of ether oxygens (including phenoxy) is 5. The number of nitrogens with one attached hydrogen (secondary N) is 1. The molecule has 0 aliphatic carbocycles. The van der Waals surface area contributed by atoms with Gasteiger partial charge in [-0.2, -0.15) is 0 Å². The molecule has 0 spiro atoms. The molecule has 0 atom stereocenters. The average molecular weight is 710 g/mol. The van der Waals surface area contributed by atoms with Crippen LogP contribution in [0.15, 0.2) is 72.8 Å². The predicted octanol–water partition coefficient (Wildman–Crippen LogP) is 6.48. The Kier molecular flexibility index (Phi) is 13.4. The van der Waals surface area contributed by atoms with Crippen molar-refractivity contribution in [2.45, 2.75) is 65.6 Å². The Hall–Kier alpha value is -5.71. The maximum absolute atomic E-state index is 12.7. The lowest BCUT2D eigenvalue weighted by Crippen LogP contribution is -2.25. The second-order valence-electron chi connectivity index (χ2n) is 12.3. The van der Waals surface area contributed by atoms with Crippen molar-refractivity contribution in [1.82, 2.24) is 5.32 Å². The summed E-state index contributed by atoms with van der Waals surface area (Å²) in [5.74, 6) is -2.48. The normalized spacial score (nSPS) is 11.0. The van der Waals surface area contributed by atoms with Crippen LogP contribution in [0.25, 0.3) is 32.3 Å². The van der Waals surface area contributed by atoms with Crippen molar-refractivity contribution in [3.05, 3.63) is 89.5 Å². The number of esters is 4. The number of carbonyl (C=O) groups is 5. The zero-order valence-corrected chi connectivity index (χ0v) is 29.5. The Labute approximate surface area is 301 Å². The van der Waals surface area contributed by atoms with Crippen LogP contribution in [0, 0.1) is 0 Å². The summed E-state index contributed by atoms with van der Waals surface area (Å²) in [4.78, 5) is 60.1. The molecule has 0 heterocycles. The average Bonchev–Trinajstić information content (AvgIpc) is 3.12. The first-order valence-electron chi connectivity index (χ1n) is 17.5. The summed E-state index contributed by atoms with van der Waals surface area (Å²) in [6.07, 6.45) is 1.40. The van der Waals surface area contributed by atoms with E-state index in [1.165, 1.54) is 37.9 Å². The molecule has 0 aromatic heterocycles. The van der Waals surface area contributed by atoms with Gasteiger partial charge in [0.1, 0.15) is 31.8 Å². The van der Waals surface area contributed by atoms with E-state index in [2.05, 4.69) is 59.9 Å². The van der Waals surface area contributed by atoms with Crippen molar-refractivity contribution in [3.63, 3.8) is 0 Å². The molecule has 0 saturated carbocycles. The van der Waals surface area contributed by atoms with Crippen LogP contribution in [0.3, 0.4) is 0 Å². The molecule has 5 rings (SSSR count). The van der Waals surface area contributed by atoms with Crippen LogP contribution in [0.4, 0.5) is 0 Å². The Morgan fingerprint density at radius 3 is 1.79 bits per heavy atom. The molecule has 52 heavy (non-hydrogen) atoms. The van der Waals surface area contributed by atoms with E-state index >= 15 is 0 Å². The van der Waals surface area contributed by atoms with Gasteiger partial charge in [0.05, 0.1) is 19.8 Å². The molecule has 1 N–H and O–H groups in total. The molecule has 0 bridgehead atoms. The summed E-state index contributed by atoms with van der Waals surface area (Å²) in [5, 5.41) is 10.4. The molecule has 11 nitrogen and oxygen atoms in total. The van der Waals surface area contributed by atoms with Gasteiger partial charge >= 0.3 is 23.9 Å². The van der Waals surface area contributed by atoms with Gasteiger partial charge in [-0.25, -0.2) is 0 Å². The maximum Gasteiger partial charge on any atom is 0.317 e. The third-order valence-electron chi connectivity index (χ3n) is 8.39. The van der Waals surface area contributed by atoms with Gasteiger partial charge in [0.15, 0.2) is 0 Å². The topological polar surface area (TPSA) is 144 Å². The van der Waals surface area contributed by atoms with Gasteiger partial charge in [-0.05, 0) is 100 Å². The van der Waals surface area contributed by atoms with Gasteiger partial charge in [0.25, 0.3) is 0 Å². The third-order valence-corrected chi connectivity index (χ3v) is 8.39. The van der Waals surface area contributed by atoms with E-state index in [9.17, 15) is 24.0 Å². The number of hydrogen-bond donors (Lipinski definition) is 1. The zero-order valence-electron chi connectivity index (χ0n) is 29.5. The highest BCUT2D eigenvalue weighted by Crippen LogP contribution is 2.36. The highest BCUT2D eigenvalue weighted by Gasteiger charge is 2.15. The van der Waals surface area contributed by atoms with Crippen LogP contribution in [-0.4, -0.2) is 56.1 Å². The Bertz CT molecular complexity index is 1970. The Morgan fingerprint density at radius 2 is 1.17 bits per heavy atom. The maximum atomic E-state index is 12.7. The highest BCUT2D eigenvalue weighted by atomic mass is 16.6. The summed E-state index contributed by atoms with van der Waals surface area (Å²) in [6, 6.07) is 24.4. The van der Waals surface area contributed by atoms with Crippen LogP contribution in [0.1, 0.15) is 62.6 Å². The number of rotatable bonds is 19. The van der Waals surface area contributed by atoms with Gasteiger partial charge in [0, 0.05) is 13.0 Å². The van der Waals surface area contributed by atoms with Crippen LogP contribution in [-0.2, 0) is 62.6 Å². The minimum Gasteiger partial charge on any atom is -0.494 e. The number of hydrogen-bond acceptors (Lipinski definition) is 10. The van der Waals surface area contributed by atoms with E-state index < -0.39 is 36.7 Å². The van der Waals surface area contributed by atoms with E-state index in [0.29, 0.717) is 36.3 Å². The SMILES string of the molecule is CCOC(=O)CC(=O)OCc1cc(COC(=O)CC(=O)OCC)cc(OCCCNC(=O)CCCc2ccc3ccc4cccc5ccc2c3c45)c1. The monoisotopic (exact) mass is 709 g/mol. The third kappa shape index (κ3) is 10.4. The first kappa shape index (κ1) is 37.5. The van der Waals surface area contributed by atoms with Crippen molar-refractivity contribution in [2.24, 2.45) is 0 Å². The van der Waals surface area contributed by atoms with Crippen LogP contribution in [0.2, 0.25) is 0 Å². The number of aryl methyl sites for hydroxylation is 1. The first-order valence-corrected chi connectivity index (χ1v) is 17.5. The van der Waals surface area contributed by atoms with Crippen molar-refractivity contribution >= 4 is 62.1 Å². The van der Waals surface area contributed by atoms with Crippen LogP contribution in [0.5, 0.6) is 5.75 Å². The predicted molar refractivity (Wildman–Crippen MR) is 195 cm³/mol. The van der Waals surface area contributed by atoms with Crippen molar-refractivity contribution in [3.8, 4) is 5.75 Å². The summed E-state index contributed by atoms with van der Waals surface area (Å²) in [5.41, 5.74) is 2.30. The summed E-state index contributed by atoms with van der Waals surface area (Å²) in [7, 11) is 0. The molecule has 5 aromatic carbocycles.